The summed E-state index contributed by atoms with van der Waals surface area (Å²) < 4.78 is 31.4. The van der Waals surface area contributed by atoms with Gasteiger partial charge in [0, 0.05) is 18.1 Å². The molecule has 1 fully saturated rings. The van der Waals surface area contributed by atoms with Crippen LogP contribution in [-0.4, -0.2) is 38.5 Å². The van der Waals surface area contributed by atoms with Crippen molar-refractivity contribution in [1.29, 1.82) is 0 Å². The van der Waals surface area contributed by atoms with Crippen molar-refractivity contribution in [2.24, 2.45) is 0 Å². The molecule has 0 saturated carbocycles. The van der Waals surface area contributed by atoms with Crippen LogP contribution in [0.15, 0.2) is 29.2 Å². The van der Waals surface area contributed by atoms with Gasteiger partial charge in [-0.05, 0) is 25.1 Å². The van der Waals surface area contributed by atoms with Gasteiger partial charge in [-0.1, -0.05) is 17.7 Å². The van der Waals surface area contributed by atoms with Crippen molar-refractivity contribution >= 4 is 21.6 Å². The molecule has 6 heteroatoms. The van der Waals surface area contributed by atoms with Crippen molar-refractivity contribution < 1.29 is 13.2 Å². The van der Waals surface area contributed by atoms with Crippen LogP contribution in [0.25, 0.3) is 0 Å². The topological polar surface area (TPSA) is 46.6 Å². The first-order valence-corrected chi connectivity index (χ1v) is 7.19. The molecule has 0 N–H and O–H groups in total. The summed E-state index contributed by atoms with van der Waals surface area (Å²) in [6.45, 7) is 3.06. The van der Waals surface area contributed by atoms with E-state index in [0.717, 1.165) is 0 Å². The molecule has 0 aliphatic carbocycles. The third-order valence-electron chi connectivity index (χ3n) is 2.64. The molecule has 0 amide bonds. The summed E-state index contributed by atoms with van der Waals surface area (Å²) in [5, 5.41) is 0.424. The van der Waals surface area contributed by atoms with E-state index in [-0.39, 0.29) is 11.0 Å². The molecule has 1 aromatic rings. The minimum absolute atomic E-state index is 0.0716. The smallest absolute Gasteiger partial charge is 0.243 e. The van der Waals surface area contributed by atoms with Gasteiger partial charge in [0.2, 0.25) is 10.0 Å². The Morgan fingerprint density at radius 2 is 2.24 bits per heavy atom. The van der Waals surface area contributed by atoms with Gasteiger partial charge in [0.1, 0.15) is 0 Å². The molecular formula is C11H14ClNO3S. The van der Waals surface area contributed by atoms with E-state index in [1.165, 1.54) is 10.4 Å². The molecule has 0 bridgehead atoms. The lowest BCUT2D eigenvalue weighted by molar-refractivity contribution is 0.0102. The second kappa shape index (κ2) is 4.94. The van der Waals surface area contributed by atoms with Gasteiger partial charge in [0.05, 0.1) is 17.6 Å². The first-order valence-electron chi connectivity index (χ1n) is 5.37. The Hall–Kier alpha value is -0.620. The Bertz CT molecular complexity index is 503. The van der Waals surface area contributed by atoms with Crippen LogP contribution in [0.2, 0.25) is 5.02 Å². The Labute approximate surface area is 106 Å². The maximum atomic E-state index is 12.3. The first-order chi connectivity index (χ1) is 8.00. The number of ether oxygens (including phenoxy) is 1. The van der Waals surface area contributed by atoms with E-state index in [9.17, 15) is 8.42 Å². The van der Waals surface area contributed by atoms with Gasteiger partial charge in [-0.2, -0.15) is 4.31 Å². The summed E-state index contributed by atoms with van der Waals surface area (Å²) in [7, 11) is -3.45. The third kappa shape index (κ3) is 2.80. The van der Waals surface area contributed by atoms with Crippen molar-refractivity contribution in [3.8, 4) is 0 Å². The molecule has 0 spiro atoms. The molecule has 94 valence electrons. The molecular weight excluding hydrogens is 262 g/mol. The van der Waals surface area contributed by atoms with Crippen LogP contribution >= 0.6 is 11.6 Å². The van der Waals surface area contributed by atoms with Crippen LogP contribution in [0.3, 0.4) is 0 Å². The largest absolute Gasteiger partial charge is 0.376 e. The maximum Gasteiger partial charge on any atom is 0.243 e. The molecule has 0 unspecified atom stereocenters. The van der Waals surface area contributed by atoms with E-state index in [1.54, 1.807) is 18.2 Å². The Morgan fingerprint density at radius 3 is 2.88 bits per heavy atom. The maximum absolute atomic E-state index is 12.3. The molecule has 17 heavy (non-hydrogen) atoms. The van der Waals surface area contributed by atoms with Crippen molar-refractivity contribution in [3.05, 3.63) is 29.3 Å². The van der Waals surface area contributed by atoms with Crippen LogP contribution < -0.4 is 0 Å². The number of halogens is 1. The van der Waals surface area contributed by atoms with Crippen LogP contribution in [0.4, 0.5) is 0 Å². The van der Waals surface area contributed by atoms with Gasteiger partial charge in [-0.15, -0.1) is 0 Å². The molecule has 1 atom stereocenters. The summed E-state index contributed by atoms with van der Waals surface area (Å²) in [4.78, 5) is 0.235. The molecule has 2 rings (SSSR count). The Kier molecular flexibility index (Phi) is 3.73. The summed E-state index contributed by atoms with van der Waals surface area (Å²) in [5.41, 5.74) is 0. The van der Waals surface area contributed by atoms with Crippen molar-refractivity contribution in [2.75, 3.05) is 19.7 Å². The summed E-state index contributed by atoms with van der Waals surface area (Å²) >= 11 is 5.81. The SMILES string of the molecule is C[C@H]1CN(S(=O)(=O)c2cccc(Cl)c2)CCO1. The average molecular weight is 276 g/mol. The average Bonchev–Trinajstić information content (AvgIpc) is 2.29. The van der Waals surface area contributed by atoms with Gasteiger partial charge < -0.3 is 4.74 Å². The highest BCUT2D eigenvalue weighted by atomic mass is 35.5. The van der Waals surface area contributed by atoms with Crippen LogP contribution in [-0.2, 0) is 14.8 Å². The fraction of sp³-hybridized carbons (Fsp3) is 0.455. The van der Waals surface area contributed by atoms with E-state index in [0.29, 0.717) is 24.7 Å². The number of hydrogen-bond acceptors (Lipinski definition) is 3. The van der Waals surface area contributed by atoms with Crippen molar-refractivity contribution in [3.63, 3.8) is 0 Å². The quantitative estimate of drug-likeness (QED) is 0.826. The molecule has 1 saturated heterocycles. The zero-order valence-corrected chi connectivity index (χ0v) is 11.0. The van der Waals surface area contributed by atoms with E-state index < -0.39 is 10.0 Å². The zero-order chi connectivity index (χ0) is 12.5. The van der Waals surface area contributed by atoms with Gasteiger partial charge in [0.15, 0.2) is 0 Å². The predicted octanol–water partition coefficient (Wildman–Crippen LogP) is 1.75. The van der Waals surface area contributed by atoms with Crippen molar-refractivity contribution in [1.82, 2.24) is 4.31 Å². The molecule has 1 heterocycles. The number of morpholine rings is 1. The lowest BCUT2D eigenvalue weighted by atomic mass is 10.3. The normalized spacial score (nSPS) is 22.6. The second-order valence-corrected chi connectivity index (χ2v) is 6.38. The predicted molar refractivity (Wildman–Crippen MR) is 65.6 cm³/mol. The zero-order valence-electron chi connectivity index (χ0n) is 9.47. The van der Waals surface area contributed by atoms with Crippen LogP contribution in [0.1, 0.15) is 6.92 Å². The molecule has 4 nitrogen and oxygen atoms in total. The van der Waals surface area contributed by atoms with Gasteiger partial charge in [-0.3, -0.25) is 0 Å². The highest BCUT2D eigenvalue weighted by Gasteiger charge is 2.29. The fourth-order valence-corrected chi connectivity index (χ4v) is 3.58. The minimum atomic E-state index is -3.45. The fourth-order valence-electron chi connectivity index (χ4n) is 1.78. The second-order valence-electron chi connectivity index (χ2n) is 4.00. The summed E-state index contributed by atoms with van der Waals surface area (Å²) in [6.07, 6.45) is -0.0716. The molecule has 0 radical (unpaired) electrons. The van der Waals surface area contributed by atoms with E-state index in [2.05, 4.69) is 0 Å². The van der Waals surface area contributed by atoms with Crippen LogP contribution in [0.5, 0.6) is 0 Å². The first kappa shape index (κ1) is 12.8. The Balaban J connectivity index is 2.29. The molecule has 1 aliphatic rings. The van der Waals surface area contributed by atoms with E-state index >= 15 is 0 Å². The van der Waals surface area contributed by atoms with E-state index in [4.69, 9.17) is 16.3 Å². The van der Waals surface area contributed by atoms with Gasteiger partial charge >= 0.3 is 0 Å². The number of sulfonamides is 1. The molecule has 0 aromatic heterocycles. The van der Waals surface area contributed by atoms with Crippen molar-refractivity contribution in [2.45, 2.75) is 17.9 Å². The number of rotatable bonds is 2. The minimum Gasteiger partial charge on any atom is -0.376 e. The standard InChI is InChI=1S/C11H14ClNO3S/c1-9-8-13(5-6-16-9)17(14,15)11-4-2-3-10(12)7-11/h2-4,7,9H,5-6,8H2,1H3/t9-/m0/s1. The summed E-state index contributed by atoms with van der Waals surface area (Å²) in [5.74, 6) is 0. The lowest BCUT2D eigenvalue weighted by Crippen LogP contribution is -2.44. The molecule has 1 aliphatic heterocycles. The highest BCUT2D eigenvalue weighted by molar-refractivity contribution is 7.89. The number of hydrogen-bond donors (Lipinski definition) is 0. The molecule has 1 aromatic carbocycles. The summed E-state index contributed by atoms with van der Waals surface area (Å²) in [6, 6.07) is 6.32. The number of nitrogens with zero attached hydrogens (tertiary/aromatic N) is 1. The lowest BCUT2D eigenvalue weighted by Gasteiger charge is -2.30. The Morgan fingerprint density at radius 1 is 1.47 bits per heavy atom. The van der Waals surface area contributed by atoms with E-state index in [1.807, 2.05) is 6.92 Å². The van der Waals surface area contributed by atoms with Crippen LogP contribution in [0, 0.1) is 0 Å². The highest BCUT2D eigenvalue weighted by Crippen LogP contribution is 2.21. The third-order valence-corrected chi connectivity index (χ3v) is 4.73. The number of benzene rings is 1. The van der Waals surface area contributed by atoms with Gasteiger partial charge in [0.25, 0.3) is 0 Å². The monoisotopic (exact) mass is 275 g/mol. The van der Waals surface area contributed by atoms with Gasteiger partial charge in [-0.25, -0.2) is 8.42 Å².